The smallest absolute Gasteiger partial charge is 0.247 e. The van der Waals surface area contributed by atoms with Crippen LogP contribution >= 0.6 is 0 Å². The standard InChI is InChI=1S/C32H33N5O4/c33-32-35-30-28(31(36-32)41-19-24-14-8-3-9-15-24)34-21-37(30)26-16-27(40-18-23-12-6-2-7-13-23)25(29(26)38)20-39-17-22-10-4-1-5-11-22/h1-15,21,25-27,29,38H,16-20H2,(H2,33,35,36)/t25-,26+,27+,29?/m0/s1. The van der Waals surface area contributed by atoms with Crippen LogP contribution in [0.2, 0.25) is 0 Å². The fourth-order valence-corrected chi connectivity index (χ4v) is 5.37. The average Bonchev–Trinajstić information content (AvgIpc) is 3.56. The van der Waals surface area contributed by atoms with E-state index in [4.69, 9.17) is 19.9 Å². The van der Waals surface area contributed by atoms with Crippen LogP contribution < -0.4 is 10.5 Å². The number of aromatic nitrogens is 4. The van der Waals surface area contributed by atoms with E-state index in [1.54, 1.807) is 6.33 Å². The van der Waals surface area contributed by atoms with Crippen molar-refractivity contribution in [2.45, 2.75) is 44.5 Å². The summed E-state index contributed by atoms with van der Waals surface area (Å²) in [6, 6.07) is 29.5. The van der Waals surface area contributed by atoms with Crippen molar-refractivity contribution in [3.8, 4) is 5.88 Å². The van der Waals surface area contributed by atoms with Crippen LogP contribution in [-0.4, -0.2) is 43.4 Å². The van der Waals surface area contributed by atoms with Gasteiger partial charge in [-0.25, -0.2) is 4.98 Å². The number of aliphatic hydroxyl groups excluding tert-OH is 1. The predicted molar refractivity (Wildman–Crippen MR) is 155 cm³/mol. The van der Waals surface area contributed by atoms with Crippen LogP contribution in [0.15, 0.2) is 97.3 Å². The highest BCUT2D eigenvalue weighted by atomic mass is 16.5. The fourth-order valence-electron chi connectivity index (χ4n) is 5.37. The van der Waals surface area contributed by atoms with Gasteiger partial charge < -0.3 is 29.6 Å². The van der Waals surface area contributed by atoms with Crippen LogP contribution in [0.5, 0.6) is 5.88 Å². The lowest BCUT2D eigenvalue weighted by atomic mass is 10.0. The highest BCUT2D eigenvalue weighted by Crippen LogP contribution is 2.40. The molecule has 210 valence electrons. The van der Waals surface area contributed by atoms with Gasteiger partial charge in [-0.05, 0) is 23.1 Å². The molecule has 9 nitrogen and oxygen atoms in total. The molecule has 3 aromatic carbocycles. The SMILES string of the molecule is Nc1nc(OCc2ccccc2)c2ncn([C@@H]3C[C@@H](OCc4ccccc4)[C@H](COCc4ccccc4)C3O)c2n1. The number of ether oxygens (including phenoxy) is 3. The zero-order valence-corrected chi connectivity index (χ0v) is 22.6. The van der Waals surface area contributed by atoms with Crippen molar-refractivity contribution in [1.29, 1.82) is 0 Å². The van der Waals surface area contributed by atoms with Crippen LogP contribution in [0, 0.1) is 5.92 Å². The van der Waals surface area contributed by atoms with Gasteiger partial charge in [0.2, 0.25) is 11.8 Å². The molecule has 3 N–H and O–H groups in total. The molecule has 1 aliphatic rings. The van der Waals surface area contributed by atoms with E-state index in [0.717, 1.165) is 16.7 Å². The lowest BCUT2D eigenvalue weighted by molar-refractivity contribution is -0.0475. The minimum Gasteiger partial charge on any atom is -0.471 e. The monoisotopic (exact) mass is 551 g/mol. The molecule has 0 aliphatic heterocycles. The van der Waals surface area contributed by atoms with E-state index in [-0.39, 0.29) is 24.0 Å². The Hall–Kier alpha value is -4.31. The van der Waals surface area contributed by atoms with E-state index in [1.807, 2.05) is 95.6 Å². The van der Waals surface area contributed by atoms with Gasteiger partial charge in [-0.1, -0.05) is 91.0 Å². The molecule has 0 bridgehead atoms. The first-order chi connectivity index (χ1) is 20.2. The summed E-state index contributed by atoms with van der Waals surface area (Å²) in [4.78, 5) is 13.3. The van der Waals surface area contributed by atoms with Crippen molar-refractivity contribution in [1.82, 2.24) is 19.5 Å². The number of benzene rings is 3. The summed E-state index contributed by atoms with van der Waals surface area (Å²) in [5.74, 6) is 0.134. The van der Waals surface area contributed by atoms with Crippen molar-refractivity contribution in [3.63, 3.8) is 0 Å². The Balaban J connectivity index is 1.23. The maximum absolute atomic E-state index is 11.6. The predicted octanol–water partition coefficient (Wildman–Crippen LogP) is 4.71. The number of aliphatic hydroxyl groups is 1. The van der Waals surface area contributed by atoms with Gasteiger partial charge in [0.05, 0.1) is 44.4 Å². The lowest BCUT2D eigenvalue weighted by Gasteiger charge is -2.23. The van der Waals surface area contributed by atoms with Crippen LogP contribution in [0.25, 0.3) is 11.2 Å². The van der Waals surface area contributed by atoms with Gasteiger partial charge in [0, 0.05) is 5.92 Å². The van der Waals surface area contributed by atoms with Crippen molar-refractivity contribution in [2.75, 3.05) is 12.3 Å². The molecule has 1 aliphatic carbocycles. The normalized spacial score (nSPS) is 20.4. The van der Waals surface area contributed by atoms with Gasteiger partial charge in [-0.2, -0.15) is 9.97 Å². The average molecular weight is 552 g/mol. The number of hydrogen-bond acceptors (Lipinski definition) is 8. The van der Waals surface area contributed by atoms with E-state index < -0.39 is 6.10 Å². The maximum Gasteiger partial charge on any atom is 0.247 e. The molecule has 41 heavy (non-hydrogen) atoms. The number of imidazole rings is 1. The Kier molecular flexibility index (Phi) is 8.18. The molecule has 0 spiro atoms. The molecule has 4 atom stereocenters. The van der Waals surface area contributed by atoms with E-state index in [0.29, 0.717) is 49.9 Å². The molecule has 1 saturated carbocycles. The summed E-state index contributed by atoms with van der Waals surface area (Å²) in [5, 5.41) is 11.6. The van der Waals surface area contributed by atoms with Crippen LogP contribution in [0.1, 0.15) is 29.2 Å². The quantitative estimate of drug-likeness (QED) is 0.242. The third-order valence-electron chi connectivity index (χ3n) is 7.50. The number of fused-ring (bicyclic) bond motifs is 1. The summed E-state index contributed by atoms with van der Waals surface area (Å²) < 4.78 is 20.3. The zero-order chi connectivity index (χ0) is 28.0. The van der Waals surface area contributed by atoms with Gasteiger partial charge >= 0.3 is 0 Å². The first-order valence-electron chi connectivity index (χ1n) is 13.8. The van der Waals surface area contributed by atoms with E-state index in [1.165, 1.54) is 0 Å². The molecule has 0 saturated heterocycles. The second kappa shape index (κ2) is 12.5. The van der Waals surface area contributed by atoms with Crippen LogP contribution in [0.4, 0.5) is 5.95 Å². The molecule has 9 heteroatoms. The molecule has 1 unspecified atom stereocenters. The van der Waals surface area contributed by atoms with Gasteiger partial charge in [-0.3, -0.25) is 0 Å². The molecule has 0 radical (unpaired) electrons. The number of nitrogens with zero attached hydrogens (tertiary/aromatic N) is 4. The van der Waals surface area contributed by atoms with Crippen LogP contribution in [0.3, 0.4) is 0 Å². The zero-order valence-electron chi connectivity index (χ0n) is 22.6. The largest absolute Gasteiger partial charge is 0.471 e. The number of nitrogen functional groups attached to an aromatic ring is 1. The topological polar surface area (TPSA) is 118 Å². The van der Waals surface area contributed by atoms with Crippen LogP contribution in [-0.2, 0) is 29.3 Å². The highest BCUT2D eigenvalue weighted by Gasteiger charge is 2.45. The third kappa shape index (κ3) is 6.22. The van der Waals surface area contributed by atoms with E-state index in [2.05, 4.69) is 15.0 Å². The lowest BCUT2D eigenvalue weighted by Crippen LogP contribution is -2.31. The molecule has 1 fully saturated rings. The van der Waals surface area contributed by atoms with E-state index >= 15 is 0 Å². The van der Waals surface area contributed by atoms with Crippen molar-refractivity contribution < 1.29 is 19.3 Å². The van der Waals surface area contributed by atoms with Crippen molar-refractivity contribution in [2.24, 2.45) is 5.92 Å². The Morgan fingerprint density at radius 1 is 0.805 bits per heavy atom. The molecular weight excluding hydrogens is 518 g/mol. The van der Waals surface area contributed by atoms with Gasteiger partial charge in [-0.15, -0.1) is 0 Å². The first-order valence-corrected chi connectivity index (χ1v) is 13.8. The first kappa shape index (κ1) is 26.9. The summed E-state index contributed by atoms with van der Waals surface area (Å²) in [7, 11) is 0. The highest BCUT2D eigenvalue weighted by molar-refractivity contribution is 5.77. The molecule has 0 amide bonds. The Morgan fingerprint density at radius 3 is 2.07 bits per heavy atom. The summed E-state index contributed by atoms with van der Waals surface area (Å²) >= 11 is 0. The van der Waals surface area contributed by atoms with Gasteiger partial charge in [0.1, 0.15) is 6.61 Å². The van der Waals surface area contributed by atoms with Crippen molar-refractivity contribution in [3.05, 3.63) is 114 Å². The fraction of sp³-hybridized carbons (Fsp3) is 0.281. The summed E-state index contributed by atoms with van der Waals surface area (Å²) in [6.07, 6.45) is 1.23. The second-order valence-electron chi connectivity index (χ2n) is 10.3. The maximum atomic E-state index is 11.6. The van der Waals surface area contributed by atoms with Gasteiger partial charge in [0.15, 0.2) is 11.2 Å². The third-order valence-corrected chi connectivity index (χ3v) is 7.50. The van der Waals surface area contributed by atoms with E-state index in [9.17, 15) is 5.11 Å². The summed E-state index contributed by atoms with van der Waals surface area (Å²) in [6.45, 7) is 1.57. The number of nitrogens with two attached hydrogens (primary N) is 1. The molecule has 2 aromatic heterocycles. The Bertz CT molecular complexity index is 1550. The molecule has 6 rings (SSSR count). The minimum atomic E-state index is -0.756. The second-order valence-corrected chi connectivity index (χ2v) is 10.3. The Labute approximate surface area is 238 Å². The van der Waals surface area contributed by atoms with Crippen molar-refractivity contribution >= 4 is 17.1 Å². The Morgan fingerprint density at radius 2 is 1.41 bits per heavy atom. The molecular formula is C32H33N5O4. The molecule has 5 aromatic rings. The van der Waals surface area contributed by atoms with Gasteiger partial charge in [0.25, 0.3) is 0 Å². The number of rotatable bonds is 11. The number of anilines is 1. The molecule has 2 heterocycles. The summed E-state index contributed by atoms with van der Waals surface area (Å²) in [5.41, 5.74) is 10.2. The minimum absolute atomic E-state index is 0.0782. The number of hydrogen-bond donors (Lipinski definition) is 2.